The fourth-order valence-corrected chi connectivity index (χ4v) is 12.2. The van der Waals surface area contributed by atoms with Crippen molar-refractivity contribution in [3.63, 3.8) is 0 Å². The van der Waals surface area contributed by atoms with Crippen molar-refractivity contribution < 1.29 is 0 Å². The first kappa shape index (κ1) is 40.9. The molecule has 3 heteroatoms. The predicted octanol–water partition coefficient (Wildman–Crippen LogP) is 15.2. The van der Waals surface area contributed by atoms with E-state index in [9.17, 15) is 0 Å². The molecule has 1 N–H and O–H groups in total. The Hall–Kier alpha value is -5.80. The molecule has 4 aliphatic rings. The van der Waals surface area contributed by atoms with E-state index in [1.165, 1.54) is 138 Å². The Labute approximate surface area is 383 Å². The first-order valence-corrected chi connectivity index (χ1v) is 24.0. The Morgan fingerprint density at radius 2 is 1.22 bits per heavy atom. The first-order chi connectivity index (χ1) is 30.7. The molecule has 0 fully saturated rings. The van der Waals surface area contributed by atoms with Gasteiger partial charge in [0.05, 0.1) is 5.69 Å². The van der Waals surface area contributed by atoms with E-state index in [-0.39, 0.29) is 21.7 Å². The zero-order valence-electron chi connectivity index (χ0n) is 39.5. The lowest BCUT2D eigenvalue weighted by molar-refractivity contribution is 0.331. The molecule has 64 heavy (non-hydrogen) atoms. The molecular formula is C61H62BN2. The van der Waals surface area contributed by atoms with E-state index in [1.54, 1.807) is 0 Å². The van der Waals surface area contributed by atoms with E-state index < -0.39 is 0 Å². The Balaban J connectivity index is 1.16. The summed E-state index contributed by atoms with van der Waals surface area (Å²) < 4.78 is 0. The molecule has 11 rings (SSSR count). The number of unbranched alkanes of at least 4 members (excludes halogenated alkanes) is 2. The monoisotopic (exact) mass is 834 g/mol. The van der Waals surface area contributed by atoms with E-state index in [2.05, 4.69) is 213 Å². The molecule has 0 amide bonds. The van der Waals surface area contributed by atoms with Crippen molar-refractivity contribution in [3.8, 4) is 33.4 Å². The third kappa shape index (κ3) is 6.20. The van der Waals surface area contributed by atoms with Gasteiger partial charge in [0.25, 0.3) is 0 Å². The number of para-hydroxylation sites is 1. The minimum absolute atomic E-state index is 0.0936. The summed E-state index contributed by atoms with van der Waals surface area (Å²) in [5, 5.41) is 4.16. The van der Waals surface area contributed by atoms with Gasteiger partial charge >= 0.3 is 0 Å². The average molecular weight is 834 g/mol. The van der Waals surface area contributed by atoms with Crippen LogP contribution in [0.4, 0.5) is 28.4 Å². The number of anilines is 5. The Kier molecular flexibility index (Phi) is 9.35. The van der Waals surface area contributed by atoms with Gasteiger partial charge in [0.2, 0.25) is 0 Å². The van der Waals surface area contributed by atoms with E-state index in [0.29, 0.717) is 0 Å². The average Bonchev–Trinajstić information content (AvgIpc) is 3.53. The quantitative estimate of drug-likeness (QED) is 0.121. The molecule has 2 aliphatic carbocycles. The van der Waals surface area contributed by atoms with Gasteiger partial charge in [-0.1, -0.05) is 190 Å². The van der Waals surface area contributed by atoms with Crippen molar-refractivity contribution in [2.45, 2.75) is 122 Å². The van der Waals surface area contributed by atoms with E-state index in [1.807, 2.05) is 0 Å². The van der Waals surface area contributed by atoms with Gasteiger partial charge in [-0.05, 0) is 133 Å². The number of benzene rings is 7. The summed E-state index contributed by atoms with van der Waals surface area (Å²) in [6.45, 7) is 21.9. The normalized spacial score (nSPS) is 17.2. The lowest BCUT2D eigenvalue weighted by Gasteiger charge is -2.49. The summed E-state index contributed by atoms with van der Waals surface area (Å²) in [5.74, 6) is 0. The number of hydrogen-bond acceptors (Lipinski definition) is 2. The van der Waals surface area contributed by atoms with Gasteiger partial charge in [0.15, 0.2) is 7.28 Å². The molecule has 2 aliphatic heterocycles. The van der Waals surface area contributed by atoms with Crippen LogP contribution in [-0.2, 0) is 28.1 Å². The summed E-state index contributed by atoms with van der Waals surface area (Å²) in [6, 6.07) is 51.2. The molecule has 0 aromatic heterocycles. The smallest absolute Gasteiger partial charge is 0.197 e. The number of fused-ring (bicyclic) bond motifs is 8. The maximum atomic E-state index is 4.16. The van der Waals surface area contributed by atoms with Crippen LogP contribution in [0.25, 0.3) is 33.4 Å². The van der Waals surface area contributed by atoms with Gasteiger partial charge < -0.3 is 10.2 Å². The first-order valence-electron chi connectivity index (χ1n) is 24.0. The predicted molar refractivity (Wildman–Crippen MR) is 275 cm³/mol. The summed E-state index contributed by atoms with van der Waals surface area (Å²) >= 11 is 0. The van der Waals surface area contributed by atoms with Crippen LogP contribution >= 0.6 is 0 Å². The van der Waals surface area contributed by atoms with Crippen LogP contribution in [0.2, 0.25) is 0 Å². The van der Waals surface area contributed by atoms with Gasteiger partial charge in [-0.3, -0.25) is 0 Å². The zero-order valence-corrected chi connectivity index (χ0v) is 39.5. The van der Waals surface area contributed by atoms with Crippen LogP contribution in [-0.4, -0.2) is 7.28 Å². The lowest BCUT2D eigenvalue weighted by atomic mass is 9.55. The van der Waals surface area contributed by atoms with Gasteiger partial charge in [0.1, 0.15) is 0 Å². The molecule has 7 aromatic rings. The van der Waals surface area contributed by atoms with Gasteiger partial charge in [-0.15, -0.1) is 0 Å². The third-order valence-electron chi connectivity index (χ3n) is 15.9. The Morgan fingerprint density at radius 3 is 2.00 bits per heavy atom. The molecule has 1 radical (unpaired) electrons. The largest absolute Gasteiger partial charge is 0.355 e. The number of nitrogens with zero attached hydrogens (tertiary/aromatic N) is 1. The zero-order chi connectivity index (χ0) is 44.3. The molecule has 0 saturated carbocycles. The van der Waals surface area contributed by atoms with Crippen molar-refractivity contribution in [1.29, 1.82) is 0 Å². The van der Waals surface area contributed by atoms with Crippen molar-refractivity contribution >= 4 is 46.6 Å². The second-order valence-corrected chi connectivity index (χ2v) is 21.7. The van der Waals surface area contributed by atoms with Crippen LogP contribution in [0, 0.1) is 0 Å². The summed E-state index contributed by atoms with van der Waals surface area (Å²) in [6.07, 6.45) is 7.03. The van der Waals surface area contributed by atoms with Crippen LogP contribution in [0.15, 0.2) is 133 Å². The Morgan fingerprint density at radius 1 is 0.516 bits per heavy atom. The SMILES string of the molecule is CCCCCc1cc(-c2ccc(-c3ccccc3)cc2Nc2cccc3c2C(C)(C)c2ccccc2-3)c2c(c1)N1c3cc4c(cc3C(C)(C)c3cccc(c31)[B]2)C(C)(C)CCC4(C)C. The van der Waals surface area contributed by atoms with Crippen molar-refractivity contribution in [2.75, 3.05) is 10.2 Å². The highest BCUT2D eigenvalue weighted by Crippen LogP contribution is 2.57. The second kappa shape index (κ2) is 14.6. The fourth-order valence-electron chi connectivity index (χ4n) is 12.2. The van der Waals surface area contributed by atoms with E-state index >= 15 is 0 Å². The van der Waals surface area contributed by atoms with Crippen LogP contribution < -0.4 is 21.1 Å². The molecule has 0 atom stereocenters. The molecule has 0 unspecified atom stereocenters. The molecule has 2 nitrogen and oxygen atoms in total. The highest BCUT2D eigenvalue weighted by atomic mass is 15.2. The van der Waals surface area contributed by atoms with Gasteiger partial charge in [-0.2, -0.15) is 0 Å². The molecule has 319 valence electrons. The molecule has 0 spiro atoms. The summed E-state index contributed by atoms with van der Waals surface area (Å²) in [5.41, 5.74) is 26.4. The third-order valence-corrected chi connectivity index (χ3v) is 15.9. The van der Waals surface area contributed by atoms with Crippen molar-refractivity contribution in [1.82, 2.24) is 0 Å². The van der Waals surface area contributed by atoms with Crippen LogP contribution in [0.3, 0.4) is 0 Å². The van der Waals surface area contributed by atoms with E-state index in [0.717, 1.165) is 12.1 Å². The number of nitrogens with one attached hydrogen (secondary N) is 1. The maximum Gasteiger partial charge on any atom is 0.197 e. The Bertz CT molecular complexity index is 3020. The molecule has 7 aromatic carbocycles. The second-order valence-electron chi connectivity index (χ2n) is 21.7. The van der Waals surface area contributed by atoms with Crippen LogP contribution in [0.5, 0.6) is 0 Å². The van der Waals surface area contributed by atoms with Crippen molar-refractivity contribution in [2.24, 2.45) is 0 Å². The standard InChI is InChI=1S/C61H62BN2/c1-10-11-13-20-38-33-44(42-30-29-40(39-21-14-12-15-22-39)35-52(42)63-51-28-18-24-43-41-23-16-17-25-45(41)61(8,9)55(43)51)56-54(34-38)64-53-37-48-47(58(2,3)31-32-59(48,4)5)36-49(53)60(6,7)46-26-19-27-50(62-56)57(46)64/h12,14-19,21-30,33-37,63H,10-11,13,20,31-32H2,1-9H3. The minimum atomic E-state index is -0.162. The highest BCUT2D eigenvalue weighted by Gasteiger charge is 2.45. The molecule has 2 heterocycles. The maximum absolute atomic E-state index is 4.16. The lowest BCUT2D eigenvalue weighted by Crippen LogP contribution is -2.46. The topological polar surface area (TPSA) is 15.3 Å². The fraction of sp³-hybridized carbons (Fsp3) is 0.311. The minimum Gasteiger partial charge on any atom is -0.355 e. The van der Waals surface area contributed by atoms with Crippen LogP contribution in [0.1, 0.15) is 133 Å². The van der Waals surface area contributed by atoms with Crippen molar-refractivity contribution in [3.05, 3.63) is 172 Å². The number of hydrogen-bond donors (Lipinski definition) is 1. The van der Waals surface area contributed by atoms with Gasteiger partial charge in [-0.25, -0.2) is 0 Å². The van der Waals surface area contributed by atoms with E-state index in [4.69, 9.17) is 0 Å². The molecule has 0 bridgehead atoms. The molecule has 0 saturated heterocycles. The summed E-state index contributed by atoms with van der Waals surface area (Å²) in [7, 11) is 2.51. The van der Waals surface area contributed by atoms with Gasteiger partial charge in [0, 0.05) is 39.1 Å². The summed E-state index contributed by atoms with van der Waals surface area (Å²) in [4.78, 5) is 2.70. The number of aryl methyl sites for hydroxylation is 1. The highest BCUT2D eigenvalue weighted by molar-refractivity contribution is 6.73. The number of rotatable bonds is 8. The molecular weight excluding hydrogens is 771 g/mol.